The Bertz CT molecular complexity index is 759. The van der Waals surface area contributed by atoms with Crippen molar-refractivity contribution in [2.24, 2.45) is 5.92 Å². The molecule has 25 heavy (non-hydrogen) atoms. The molecular weight excluding hydrogens is 356 g/mol. The number of carbonyl (C=O) groups excluding carboxylic acids is 1. The summed E-state index contributed by atoms with van der Waals surface area (Å²) in [6.07, 6.45) is 8.21. The molecule has 1 aromatic heterocycles. The molecule has 1 aromatic rings. The third kappa shape index (κ3) is 4.15. The minimum absolute atomic E-state index is 0.149. The summed E-state index contributed by atoms with van der Waals surface area (Å²) in [6, 6.07) is 1.75. The van der Waals surface area contributed by atoms with Gasteiger partial charge in [-0.3, -0.25) is 4.79 Å². The summed E-state index contributed by atoms with van der Waals surface area (Å²) in [5, 5.41) is 0. The number of hydrogen-bond donors (Lipinski definition) is 0. The highest BCUT2D eigenvalue weighted by Crippen LogP contribution is 2.28. The van der Waals surface area contributed by atoms with E-state index in [0.717, 1.165) is 29.0 Å². The molecule has 0 aromatic carbocycles. The van der Waals surface area contributed by atoms with E-state index in [1.807, 2.05) is 18.7 Å². The quantitative estimate of drug-likeness (QED) is 0.752. The zero-order chi connectivity index (χ0) is 18.0. The van der Waals surface area contributed by atoms with Gasteiger partial charge in [0, 0.05) is 42.4 Å². The summed E-state index contributed by atoms with van der Waals surface area (Å²) in [5.74, 6) is 0.496. The zero-order valence-corrected chi connectivity index (χ0v) is 16.5. The van der Waals surface area contributed by atoms with Gasteiger partial charge in [-0.15, -0.1) is 11.3 Å². The molecule has 1 fully saturated rings. The van der Waals surface area contributed by atoms with Crippen molar-refractivity contribution in [3.8, 4) is 0 Å². The minimum atomic E-state index is -3.45. The van der Waals surface area contributed by atoms with E-state index in [1.165, 1.54) is 15.6 Å². The molecule has 7 heteroatoms. The second kappa shape index (κ2) is 7.60. The Morgan fingerprint density at radius 1 is 1.24 bits per heavy atom. The van der Waals surface area contributed by atoms with Gasteiger partial charge < -0.3 is 4.90 Å². The topological polar surface area (TPSA) is 57.7 Å². The standard InChI is InChI=1S/C18H26N2O3S2/c1-14-12-17(15(2)24-14)25(22,23)20-10-8-19(9-11-20)18(21)13-16-6-4-3-5-7-16/h4,6,12,16H,3,5,7-11,13H2,1-2H3. The predicted octanol–water partition coefficient (Wildman–Crippen LogP) is 2.94. The summed E-state index contributed by atoms with van der Waals surface area (Å²) in [6.45, 7) is 5.49. The first-order chi connectivity index (χ1) is 11.9. The van der Waals surface area contributed by atoms with Crippen molar-refractivity contribution in [2.75, 3.05) is 26.2 Å². The number of sulfonamides is 1. The van der Waals surface area contributed by atoms with Gasteiger partial charge in [0.15, 0.2) is 0 Å². The molecular formula is C18H26N2O3S2. The maximum atomic E-state index is 12.8. The second-order valence-corrected chi connectivity index (χ2v) is 10.3. The molecule has 138 valence electrons. The number of aryl methyl sites for hydroxylation is 2. The number of allylic oxidation sites excluding steroid dienone is 2. The molecule has 0 saturated carbocycles. The van der Waals surface area contributed by atoms with Crippen LogP contribution < -0.4 is 0 Å². The highest BCUT2D eigenvalue weighted by atomic mass is 32.2. The molecule has 3 rings (SSSR count). The molecule has 1 aliphatic heterocycles. The van der Waals surface area contributed by atoms with E-state index in [0.29, 0.717) is 43.4 Å². The van der Waals surface area contributed by atoms with Crippen LogP contribution in [-0.2, 0) is 14.8 Å². The summed E-state index contributed by atoms with van der Waals surface area (Å²) in [7, 11) is -3.45. The van der Waals surface area contributed by atoms with Crippen molar-refractivity contribution in [2.45, 2.75) is 44.4 Å². The van der Waals surface area contributed by atoms with Gasteiger partial charge in [-0.05, 0) is 45.1 Å². The van der Waals surface area contributed by atoms with Crippen LogP contribution in [0.25, 0.3) is 0 Å². The maximum absolute atomic E-state index is 12.8. The van der Waals surface area contributed by atoms with Gasteiger partial charge in [0.1, 0.15) is 0 Å². The van der Waals surface area contributed by atoms with E-state index in [-0.39, 0.29) is 5.91 Å². The molecule has 0 N–H and O–H groups in total. The van der Waals surface area contributed by atoms with Gasteiger partial charge >= 0.3 is 0 Å². The van der Waals surface area contributed by atoms with Gasteiger partial charge in [-0.25, -0.2) is 8.42 Å². The van der Waals surface area contributed by atoms with Crippen LogP contribution in [0.5, 0.6) is 0 Å². The van der Waals surface area contributed by atoms with Gasteiger partial charge in [-0.1, -0.05) is 12.2 Å². The molecule has 1 aliphatic carbocycles. The molecule has 2 heterocycles. The van der Waals surface area contributed by atoms with Crippen LogP contribution in [-0.4, -0.2) is 49.7 Å². The second-order valence-electron chi connectivity index (χ2n) is 6.89. The molecule has 0 bridgehead atoms. The van der Waals surface area contributed by atoms with Crippen molar-refractivity contribution < 1.29 is 13.2 Å². The minimum Gasteiger partial charge on any atom is -0.340 e. The van der Waals surface area contributed by atoms with E-state index >= 15 is 0 Å². The number of piperazine rings is 1. The van der Waals surface area contributed by atoms with Crippen molar-refractivity contribution in [1.82, 2.24) is 9.21 Å². The Labute approximate surface area is 154 Å². The Kier molecular flexibility index (Phi) is 5.65. The number of nitrogens with zero attached hydrogens (tertiary/aromatic N) is 2. The average molecular weight is 383 g/mol. The molecule has 1 amide bonds. The van der Waals surface area contributed by atoms with Crippen molar-refractivity contribution in [1.29, 1.82) is 0 Å². The van der Waals surface area contributed by atoms with Crippen LogP contribution >= 0.6 is 11.3 Å². The molecule has 1 unspecified atom stereocenters. The average Bonchev–Trinajstić information content (AvgIpc) is 2.95. The molecule has 2 aliphatic rings. The first kappa shape index (κ1) is 18.6. The molecule has 0 radical (unpaired) electrons. The van der Waals surface area contributed by atoms with Gasteiger partial charge in [0.25, 0.3) is 0 Å². The fraction of sp³-hybridized carbons (Fsp3) is 0.611. The molecule has 1 atom stereocenters. The summed E-state index contributed by atoms with van der Waals surface area (Å²) in [5.41, 5.74) is 0. The smallest absolute Gasteiger partial charge is 0.244 e. The third-order valence-electron chi connectivity index (χ3n) is 5.00. The van der Waals surface area contributed by atoms with Crippen LogP contribution in [0, 0.1) is 19.8 Å². The van der Waals surface area contributed by atoms with Gasteiger partial charge in [0.2, 0.25) is 15.9 Å². The van der Waals surface area contributed by atoms with Crippen LogP contribution in [0.4, 0.5) is 0 Å². The van der Waals surface area contributed by atoms with Gasteiger partial charge in [0.05, 0.1) is 4.90 Å². The Balaban J connectivity index is 1.59. The Morgan fingerprint density at radius 3 is 2.52 bits per heavy atom. The Hall–Kier alpha value is -1.18. The fourth-order valence-corrected chi connectivity index (χ4v) is 6.53. The number of carbonyl (C=O) groups is 1. The molecule has 1 saturated heterocycles. The lowest BCUT2D eigenvalue weighted by atomic mass is 9.92. The van der Waals surface area contributed by atoms with E-state index in [9.17, 15) is 13.2 Å². The lowest BCUT2D eigenvalue weighted by molar-refractivity contribution is -0.133. The monoisotopic (exact) mass is 382 g/mol. The van der Waals surface area contributed by atoms with Crippen molar-refractivity contribution in [3.05, 3.63) is 28.0 Å². The molecule has 0 spiro atoms. The number of thiophene rings is 1. The first-order valence-corrected chi connectivity index (χ1v) is 11.1. The highest BCUT2D eigenvalue weighted by molar-refractivity contribution is 7.89. The van der Waals surface area contributed by atoms with E-state index in [1.54, 1.807) is 6.07 Å². The van der Waals surface area contributed by atoms with Crippen LogP contribution in [0.2, 0.25) is 0 Å². The first-order valence-electron chi connectivity index (χ1n) is 8.89. The zero-order valence-electron chi connectivity index (χ0n) is 14.9. The van der Waals surface area contributed by atoms with Gasteiger partial charge in [-0.2, -0.15) is 4.31 Å². The Morgan fingerprint density at radius 2 is 1.96 bits per heavy atom. The fourth-order valence-electron chi connectivity index (χ4n) is 3.59. The van der Waals surface area contributed by atoms with E-state index in [4.69, 9.17) is 0 Å². The van der Waals surface area contributed by atoms with E-state index in [2.05, 4.69) is 12.2 Å². The summed E-state index contributed by atoms with van der Waals surface area (Å²) in [4.78, 5) is 16.6. The SMILES string of the molecule is Cc1cc(S(=O)(=O)N2CCN(C(=O)CC3C=CCCC3)CC2)c(C)s1. The van der Waals surface area contributed by atoms with Crippen LogP contribution in [0.3, 0.4) is 0 Å². The predicted molar refractivity (Wildman–Crippen MR) is 100 cm³/mol. The van der Waals surface area contributed by atoms with Crippen LogP contribution in [0.1, 0.15) is 35.4 Å². The van der Waals surface area contributed by atoms with Crippen molar-refractivity contribution >= 4 is 27.3 Å². The lowest BCUT2D eigenvalue weighted by Crippen LogP contribution is -2.50. The number of amides is 1. The van der Waals surface area contributed by atoms with Crippen LogP contribution in [0.15, 0.2) is 23.1 Å². The molecule has 5 nitrogen and oxygen atoms in total. The normalized spacial score (nSPS) is 22.3. The third-order valence-corrected chi connectivity index (χ3v) is 8.12. The van der Waals surface area contributed by atoms with E-state index < -0.39 is 10.0 Å². The summed E-state index contributed by atoms with van der Waals surface area (Å²) < 4.78 is 27.2. The largest absolute Gasteiger partial charge is 0.340 e. The van der Waals surface area contributed by atoms with Crippen molar-refractivity contribution in [3.63, 3.8) is 0 Å². The maximum Gasteiger partial charge on any atom is 0.244 e. The number of rotatable bonds is 4. The number of hydrogen-bond acceptors (Lipinski definition) is 4. The summed E-state index contributed by atoms with van der Waals surface area (Å²) >= 11 is 1.51. The highest BCUT2D eigenvalue weighted by Gasteiger charge is 2.32. The lowest BCUT2D eigenvalue weighted by Gasteiger charge is -2.34.